The number of benzene rings is 2. The van der Waals surface area contributed by atoms with E-state index in [1.807, 2.05) is 61.5 Å². The van der Waals surface area contributed by atoms with Crippen LogP contribution in [-0.2, 0) is 11.2 Å². The van der Waals surface area contributed by atoms with E-state index >= 15 is 0 Å². The highest BCUT2D eigenvalue weighted by Gasteiger charge is 2.19. The molecule has 0 unspecified atom stereocenters. The number of nitrogens with one attached hydrogen (secondary N) is 2. The third-order valence-corrected chi connectivity index (χ3v) is 4.95. The van der Waals surface area contributed by atoms with Crippen LogP contribution in [0.25, 0.3) is 0 Å². The van der Waals surface area contributed by atoms with Gasteiger partial charge in [0.1, 0.15) is 6.04 Å². The van der Waals surface area contributed by atoms with E-state index in [4.69, 9.17) is 0 Å². The quantitative estimate of drug-likeness (QED) is 0.655. The number of carbonyl (C=O) groups excluding carboxylic acids is 1. The highest BCUT2D eigenvalue weighted by atomic mass is 32.1. The van der Waals surface area contributed by atoms with Crippen molar-refractivity contribution in [2.45, 2.75) is 19.4 Å². The van der Waals surface area contributed by atoms with Crippen LogP contribution in [0.15, 0.2) is 72.1 Å². The minimum atomic E-state index is -0.373. The zero-order valence-electron chi connectivity index (χ0n) is 14.2. The number of rotatable bonds is 7. The Labute approximate surface area is 152 Å². The standard InChI is InChI=1S/C21H22N2OS/c1-16-9-11-18(12-10-16)23-21(24)20(17-6-3-2-4-7-17)22-14-13-19-8-5-15-25-19/h2-12,15,20,22H,13-14H2,1H3,(H,23,24)/t20-/m1/s1. The molecule has 4 heteroatoms. The van der Waals surface area contributed by atoms with Gasteiger partial charge in [-0.2, -0.15) is 0 Å². The molecule has 0 aliphatic heterocycles. The molecule has 0 spiro atoms. The van der Waals surface area contributed by atoms with E-state index in [2.05, 4.69) is 28.1 Å². The number of amides is 1. The van der Waals surface area contributed by atoms with Gasteiger partial charge < -0.3 is 10.6 Å². The molecule has 3 rings (SSSR count). The maximum Gasteiger partial charge on any atom is 0.246 e. The van der Waals surface area contributed by atoms with Crippen LogP contribution in [0.2, 0.25) is 0 Å². The van der Waals surface area contributed by atoms with Gasteiger partial charge in [0.05, 0.1) is 0 Å². The zero-order valence-corrected chi connectivity index (χ0v) is 15.1. The molecule has 0 saturated heterocycles. The van der Waals surface area contributed by atoms with Gasteiger partial charge in [0.2, 0.25) is 5.91 Å². The second-order valence-electron chi connectivity index (χ2n) is 5.98. The summed E-state index contributed by atoms with van der Waals surface area (Å²) in [5, 5.41) is 8.49. The van der Waals surface area contributed by atoms with Gasteiger partial charge in [-0.05, 0) is 42.5 Å². The van der Waals surface area contributed by atoms with Crippen molar-refractivity contribution >= 4 is 22.9 Å². The van der Waals surface area contributed by atoms with E-state index in [1.165, 1.54) is 10.4 Å². The molecule has 128 valence electrons. The molecule has 0 saturated carbocycles. The minimum Gasteiger partial charge on any atom is -0.324 e. The monoisotopic (exact) mass is 350 g/mol. The Balaban J connectivity index is 1.68. The molecular formula is C21H22N2OS. The lowest BCUT2D eigenvalue weighted by Gasteiger charge is -2.19. The molecule has 1 aromatic heterocycles. The summed E-state index contributed by atoms with van der Waals surface area (Å²) in [6.45, 7) is 2.78. The molecule has 2 N–H and O–H groups in total. The van der Waals surface area contributed by atoms with Crippen molar-refractivity contribution < 1.29 is 4.79 Å². The smallest absolute Gasteiger partial charge is 0.246 e. The Morgan fingerprint density at radius 3 is 2.44 bits per heavy atom. The van der Waals surface area contributed by atoms with E-state index < -0.39 is 0 Å². The summed E-state index contributed by atoms with van der Waals surface area (Å²) in [5.74, 6) is -0.0405. The van der Waals surface area contributed by atoms with Crippen molar-refractivity contribution in [3.05, 3.63) is 88.1 Å². The topological polar surface area (TPSA) is 41.1 Å². The van der Waals surface area contributed by atoms with Crippen molar-refractivity contribution in [1.82, 2.24) is 5.32 Å². The van der Waals surface area contributed by atoms with E-state index in [-0.39, 0.29) is 11.9 Å². The van der Waals surface area contributed by atoms with Gasteiger partial charge >= 0.3 is 0 Å². The van der Waals surface area contributed by atoms with E-state index in [9.17, 15) is 4.79 Å². The fraction of sp³-hybridized carbons (Fsp3) is 0.190. The summed E-state index contributed by atoms with van der Waals surface area (Å²) in [6.07, 6.45) is 0.915. The molecule has 3 nitrogen and oxygen atoms in total. The molecule has 1 heterocycles. The van der Waals surface area contributed by atoms with Gasteiger partial charge in [-0.3, -0.25) is 4.79 Å². The van der Waals surface area contributed by atoms with Crippen molar-refractivity contribution in [3.63, 3.8) is 0 Å². The van der Waals surface area contributed by atoms with Crippen LogP contribution in [0.5, 0.6) is 0 Å². The van der Waals surface area contributed by atoms with Crippen LogP contribution >= 0.6 is 11.3 Å². The highest BCUT2D eigenvalue weighted by Crippen LogP contribution is 2.17. The first-order valence-electron chi connectivity index (χ1n) is 8.40. The van der Waals surface area contributed by atoms with Crippen LogP contribution in [0, 0.1) is 6.92 Å². The van der Waals surface area contributed by atoms with Gasteiger partial charge in [-0.15, -0.1) is 11.3 Å². The Bertz CT molecular complexity index is 783. The molecule has 3 aromatic rings. The number of hydrogen-bond donors (Lipinski definition) is 2. The summed E-state index contributed by atoms with van der Waals surface area (Å²) in [6, 6.07) is 21.5. The fourth-order valence-electron chi connectivity index (χ4n) is 2.65. The second-order valence-corrected chi connectivity index (χ2v) is 7.01. The van der Waals surface area contributed by atoms with Crippen LogP contribution in [-0.4, -0.2) is 12.5 Å². The molecule has 0 fully saturated rings. The molecule has 1 amide bonds. The fourth-order valence-corrected chi connectivity index (χ4v) is 3.36. The Morgan fingerprint density at radius 2 is 1.76 bits per heavy atom. The maximum atomic E-state index is 12.8. The zero-order chi connectivity index (χ0) is 17.5. The van der Waals surface area contributed by atoms with Crippen LogP contribution in [0.1, 0.15) is 22.0 Å². The molecule has 0 radical (unpaired) electrons. The lowest BCUT2D eigenvalue weighted by atomic mass is 10.1. The van der Waals surface area contributed by atoms with Crippen molar-refractivity contribution in [3.8, 4) is 0 Å². The summed E-state index contributed by atoms with van der Waals surface area (Å²) in [5.41, 5.74) is 2.96. The molecule has 0 bridgehead atoms. The summed E-state index contributed by atoms with van der Waals surface area (Å²) in [4.78, 5) is 14.1. The first-order chi connectivity index (χ1) is 12.2. The van der Waals surface area contributed by atoms with E-state index in [1.54, 1.807) is 11.3 Å². The Hall–Kier alpha value is -2.43. The van der Waals surface area contributed by atoms with Crippen LogP contribution < -0.4 is 10.6 Å². The number of anilines is 1. The van der Waals surface area contributed by atoms with Gasteiger partial charge in [0.15, 0.2) is 0 Å². The van der Waals surface area contributed by atoms with Crippen molar-refractivity contribution in [1.29, 1.82) is 0 Å². The predicted molar refractivity (Wildman–Crippen MR) is 105 cm³/mol. The molecular weight excluding hydrogens is 328 g/mol. The van der Waals surface area contributed by atoms with Crippen molar-refractivity contribution in [2.75, 3.05) is 11.9 Å². The summed E-state index contributed by atoms with van der Waals surface area (Å²) < 4.78 is 0. The van der Waals surface area contributed by atoms with Gasteiger partial charge in [0, 0.05) is 17.1 Å². The average Bonchev–Trinajstić information content (AvgIpc) is 3.15. The predicted octanol–water partition coefficient (Wildman–Crippen LogP) is 4.57. The Kier molecular flexibility index (Phi) is 5.99. The SMILES string of the molecule is Cc1ccc(NC(=O)[C@H](NCCc2cccs2)c2ccccc2)cc1. The average molecular weight is 350 g/mol. The third-order valence-electron chi connectivity index (χ3n) is 4.01. The minimum absolute atomic E-state index is 0.0405. The second kappa shape index (κ2) is 8.60. The van der Waals surface area contributed by atoms with Crippen molar-refractivity contribution in [2.24, 2.45) is 0 Å². The first kappa shape index (κ1) is 17.4. The largest absolute Gasteiger partial charge is 0.324 e. The lowest BCUT2D eigenvalue weighted by Crippen LogP contribution is -2.34. The highest BCUT2D eigenvalue weighted by molar-refractivity contribution is 7.09. The normalized spacial score (nSPS) is 11.9. The number of hydrogen-bond acceptors (Lipinski definition) is 3. The molecule has 25 heavy (non-hydrogen) atoms. The number of aryl methyl sites for hydroxylation is 1. The maximum absolute atomic E-state index is 12.8. The lowest BCUT2D eigenvalue weighted by molar-refractivity contribution is -0.118. The van der Waals surface area contributed by atoms with Gasteiger partial charge in [0.25, 0.3) is 0 Å². The summed E-state index contributed by atoms with van der Waals surface area (Å²) >= 11 is 1.74. The van der Waals surface area contributed by atoms with Crippen LogP contribution in [0.3, 0.4) is 0 Å². The first-order valence-corrected chi connectivity index (χ1v) is 9.28. The van der Waals surface area contributed by atoms with Gasteiger partial charge in [-0.1, -0.05) is 54.1 Å². The number of thiophene rings is 1. The summed E-state index contributed by atoms with van der Waals surface area (Å²) in [7, 11) is 0. The Morgan fingerprint density at radius 1 is 1.00 bits per heavy atom. The molecule has 0 aliphatic rings. The molecule has 2 aromatic carbocycles. The van der Waals surface area contributed by atoms with E-state index in [0.29, 0.717) is 0 Å². The number of carbonyl (C=O) groups is 1. The third kappa shape index (κ3) is 5.02. The molecule has 1 atom stereocenters. The van der Waals surface area contributed by atoms with Gasteiger partial charge in [-0.25, -0.2) is 0 Å². The van der Waals surface area contributed by atoms with E-state index in [0.717, 1.165) is 24.2 Å². The van der Waals surface area contributed by atoms with Crippen LogP contribution in [0.4, 0.5) is 5.69 Å². The molecule has 0 aliphatic carbocycles.